The minimum atomic E-state index is -0.270. The number of hydrogen-bond acceptors (Lipinski definition) is 5. The fraction of sp³-hybridized carbons (Fsp3) is 0.667. The van der Waals surface area contributed by atoms with Gasteiger partial charge in [0.15, 0.2) is 6.29 Å². The van der Waals surface area contributed by atoms with E-state index in [-0.39, 0.29) is 10.8 Å². The molecule has 7 heteroatoms. The highest BCUT2D eigenvalue weighted by atomic mass is 35.5. The Labute approximate surface area is 197 Å². The van der Waals surface area contributed by atoms with Crippen LogP contribution < -0.4 is 9.47 Å². The second-order valence-electron chi connectivity index (χ2n) is 6.91. The molecular weight excluding hydrogens is 439 g/mol. The summed E-state index contributed by atoms with van der Waals surface area (Å²) >= 11 is 11.3. The molecule has 0 unspecified atom stereocenters. The van der Waals surface area contributed by atoms with Crippen LogP contribution in [0, 0.1) is 0 Å². The standard InChI is InChI=1S/C24H38Cl2O5/c1-5-19-16-21(30-15-12-22(25)26)17-20(6-2)24(19)31-14-11-9-10-13-27-18-23(28-7-3)29-8-4/h12,16-17,23H,5-11,13-15,18H2,1-4H3. The van der Waals surface area contributed by atoms with Crippen molar-refractivity contribution in [1.82, 2.24) is 0 Å². The largest absolute Gasteiger partial charge is 0.493 e. The van der Waals surface area contributed by atoms with E-state index in [1.54, 1.807) is 6.08 Å². The minimum Gasteiger partial charge on any atom is -0.493 e. The molecule has 0 spiro atoms. The third kappa shape index (κ3) is 12.0. The van der Waals surface area contributed by atoms with Gasteiger partial charge in [-0.1, -0.05) is 37.0 Å². The van der Waals surface area contributed by atoms with Gasteiger partial charge in [-0.05, 0) is 75.3 Å². The molecule has 0 bridgehead atoms. The molecule has 0 fully saturated rings. The molecule has 0 radical (unpaired) electrons. The van der Waals surface area contributed by atoms with Gasteiger partial charge in [-0.3, -0.25) is 0 Å². The van der Waals surface area contributed by atoms with Gasteiger partial charge in [0.25, 0.3) is 0 Å². The summed E-state index contributed by atoms with van der Waals surface area (Å²) in [5, 5.41) is 0. The summed E-state index contributed by atoms with van der Waals surface area (Å²) in [5.74, 6) is 1.79. The lowest BCUT2D eigenvalue weighted by atomic mass is 10.0. The van der Waals surface area contributed by atoms with Crippen molar-refractivity contribution in [2.75, 3.05) is 39.6 Å². The third-order valence-electron chi connectivity index (χ3n) is 4.60. The number of rotatable bonds is 18. The number of halogens is 2. The molecule has 0 heterocycles. The maximum Gasteiger partial charge on any atom is 0.180 e. The molecule has 178 valence electrons. The van der Waals surface area contributed by atoms with Crippen molar-refractivity contribution in [3.63, 3.8) is 0 Å². The van der Waals surface area contributed by atoms with Crippen molar-refractivity contribution >= 4 is 23.2 Å². The molecule has 0 aliphatic rings. The first-order valence-electron chi connectivity index (χ1n) is 11.3. The average molecular weight is 477 g/mol. The van der Waals surface area contributed by atoms with Gasteiger partial charge in [0.2, 0.25) is 0 Å². The molecule has 0 atom stereocenters. The summed E-state index contributed by atoms with van der Waals surface area (Å²) in [5.41, 5.74) is 2.30. The lowest BCUT2D eigenvalue weighted by molar-refractivity contribution is -0.167. The fourth-order valence-corrected chi connectivity index (χ4v) is 3.20. The number of unbranched alkanes of at least 4 members (excludes halogenated alkanes) is 2. The number of aryl methyl sites for hydroxylation is 2. The highest BCUT2D eigenvalue weighted by molar-refractivity contribution is 6.55. The molecule has 5 nitrogen and oxygen atoms in total. The van der Waals surface area contributed by atoms with Crippen LogP contribution in [-0.2, 0) is 27.1 Å². The van der Waals surface area contributed by atoms with Gasteiger partial charge in [-0.2, -0.15) is 0 Å². The van der Waals surface area contributed by atoms with Crippen molar-refractivity contribution in [2.24, 2.45) is 0 Å². The van der Waals surface area contributed by atoms with E-state index in [1.807, 2.05) is 26.0 Å². The van der Waals surface area contributed by atoms with Crippen LogP contribution in [0.15, 0.2) is 22.7 Å². The highest BCUT2D eigenvalue weighted by Crippen LogP contribution is 2.31. The predicted octanol–water partition coefficient (Wildman–Crippen LogP) is 6.47. The van der Waals surface area contributed by atoms with Crippen LogP contribution >= 0.6 is 23.2 Å². The SMILES string of the molecule is CCOC(COCCCCCOc1c(CC)cc(OCC=C(Cl)Cl)cc1CC)OCC. The third-order valence-corrected chi connectivity index (χ3v) is 4.91. The van der Waals surface area contributed by atoms with Crippen molar-refractivity contribution in [3.05, 3.63) is 33.8 Å². The van der Waals surface area contributed by atoms with Gasteiger partial charge in [-0.25, -0.2) is 0 Å². The van der Waals surface area contributed by atoms with Gasteiger partial charge in [0, 0.05) is 19.8 Å². The molecule has 0 saturated carbocycles. The lowest BCUT2D eigenvalue weighted by Crippen LogP contribution is -2.23. The highest BCUT2D eigenvalue weighted by Gasteiger charge is 2.11. The summed E-state index contributed by atoms with van der Waals surface area (Å²) in [7, 11) is 0. The number of benzene rings is 1. The normalized spacial score (nSPS) is 11.1. The summed E-state index contributed by atoms with van der Waals surface area (Å²) in [4.78, 5) is 0. The Bertz CT molecular complexity index is 601. The van der Waals surface area contributed by atoms with Crippen LogP contribution in [0.2, 0.25) is 0 Å². The summed E-state index contributed by atoms with van der Waals surface area (Å²) in [6, 6.07) is 4.07. The molecule has 0 aliphatic carbocycles. The van der Waals surface area contributed by atoms with Gasteiger partial charge in [-0.15, -0.1) is 0 Å². The Morgan fingerprint density at radius 3 is 2.03 bits per heavy atom. The first-order chi connectivity index (χ1) is 15.0. The summed E-state index contributed by atoms with van der Waals surface area (Å²) in [6.45, 7) is 11.6. The van der Waals surface area contributed by atoms with Gasteiger partial charge >= 0.3 is 0 Å². The molecule has 0 N–H and O–H groups in total. The zero-order valence-corrected chi connectivity index (χ0v) is 20.9. The molecule has 0 amide bonds. The average Bonchev–Trinajstić information content (AvgIpc) is 2.75. The van der Waals surface area contributed by atoms with E-state index in [0.717, 1.165) is 54.7 Å². The van der Waals surface area contributed by atoms with Gasteiger partial charge < -0.3 is 23.7 Å². The van der Waals surface area contributed by atoms with E-state index in [0.29, 0.717) is 39.6 Å². The Hall–Kier alpha value is -0.980. The summed E-state index contributed by atoms with van der Waals surface area (Å²) in [6.07, 6.45) is 6.12. The van der Waals surface area contributed by atoms with Crippen molar-refractivity contribution in [3.8, 4) is 11.5 Å². The van der Waals surface area contributed by atoms with Gasteiger partial charge in [0.05, 0.1) is 13.2 Å². The van der Waals surface area contributed by atoms with E-state index in [9.17, 15) is 0 Å². The molecule has 31 heavy (non-hydrogen) atoms. The van der Waals surface area contributed by atoms with Crippen LogP contribution in [0.25, 0.3) is 0 Å². The van der Waals surface area contributed by atoms with Crippen LogP contribution in [0.1, 0.15) is 58.1 Å². The predicted molar refractivity (Wildman–Crippen MR) is 128 cm³/mol. The maximum absolute atomic E-state index is 6.17. The first-order valence-corrected chi connectivity index (χ1v) is 12.0. The molecular formula is C24H38Cl2O5. The van der Waals surface area contributed by atoms with Crippen molar-refractivity contribution in [2.45, 2.75) is 66.1 Å². The number of ether oxygens (including phenoxy) is 5. The molecule has 0 aromatic heterocycles. The van der Waals surface area contributed by atoms with Crippen LogP contribution in [-0.4, -0.2) is 45.9 Å². The van der Waals surface area contributed by atoms with Crippen molar-refractivity contribution in [1.29, 1.82) is 0 Å². The summed E-state index contributed by atoms with van der Waals surface area (Å²) < 4.78 is 28.7. The zero-order valence-electron chi connectivity index (χ0n) is 19.4. The minimum absolute atomic E-state index is 0.209. The molecule has 1 rings (SSSR count). The topological polar surface area (TPSA) is 46.2 Å². The smallest absolute Gasteiger partial charge is 0.180 e. The van der Waals surface area contributed by atoms with Crippen molar-refractivity contribution < 1.29 is 23.7 Å². The quantitative estimate of drug-likeness (QED) is 0.179. The van der Waals surface area contributed by atoms with Crippen LogP contribution in [0.4, 0.5) is 0 Å². The van der Waals surface area contributed by atoms with E-state index in [1.165, 1.54) is 0 Å². The Kier molecular flexibility index (Phi) is 15.9. The number of hydrogen-bond donors (Lipinski definition) is 0. The fourth-order valence-electron chi connectivity index (χ4n) is 3.07. The van der Waals surface area contributed by atoms with E-state index < -0.39 is 0 Å². The zero-order chi connectivity index (χ0) is 22.9. The monoisotopic (exact) mass is 476 g/mol. The maximum atomic E-state index is 6.17. The molecule has 1 aromatic rings. The van der Waals surface area contributed by atoms with E-state index in [2.05, 4.69) is 13.8 Å². The van der Waals surface area contributed by atoms with Crippen LogP contribution in [0.5, 0.6) is 11.5 Å². The first kappa shape index (κ1) is 28.1. The second kappa shape index (κ2) is 17.6. The Morgan fingerprint density at radius 1 is 0.871 bits per heavy atom. The van der Waals surface area contributed by atoms with E-state index >= 15 is 0 Å². The molecule has 0 aliphatic heterocycles. The van der Waals surface area contributed by atoms with Gasteiger partial charge in [0.1, 0.15) is 22.6 Å². The Balaban J connectivity index is 2.41. The molecule has 0 saturated heterocycles. The second-order valence-corrected chi connectivity index (χ2v) is 7.91. The van der Waals surface area contributed by atoms with E-state index in [4.69, 9.17) is 46.9 Å². The van der Waals surface area contributed by atoms with Crippen LogP contribution in [0.3, 0.4) is 0 Å². The molecule has 1 aromatic carbocycles. The Morgan fingerprint density at radius 2 is 1.48 bits per heavy atom. The lowest BCUT2D eigenvalue weighted by Gasteiger charge is -2.17.